The monoisotopic (exact) mass is 355 g/mol. The second-order valence-corrected chi connectivity index (χ2v) is 4.38. The molecule has 0 fully saturated rings. The van der Waals surface area contributed by atoms with Crippen molar-refractivity contribution in [2.24, 2.45) is 0 Å². The first kappa shape index (κ1) is 16.6. The lowest BCUT2D eigenvalue weighted by molar-refractivity contribution is -0.166. The van der Waals surface area contributed by atoms with Crippen LogP contribution in [0.1, 0.15) is 0 Å². The van der Waals surface area contributed by atoms with Crippen LogP contribution in [0.3, 0.4) is 0 Å². The molecule has 1 amide bonds. The third-order valence-corrected chi connectivity index (χ3v) is 2.98. The van der Waals surface area contributed by atoms with Gasteiger partial charge < -0.3 is 0 Å². The highest BCUT2D eigenvalue weighted by molar-refractivity contribution is 9.09. The summed E-state index contributed by atoms with van der Waals surface area (Å²) in [6, 6.07) is 7.00. The topological polar surface area (TPSA) is 37.4 Å². The van der Waals surface area contributed by atoms with Gasteiger partial charge in [-0.05, 0) is 12.1 Å². The van der Waals surface area contributed by atoms with E-state index in [1.54, 1.807) is 6.07 Å². The molecule has 0 aliphatic rings. The average Bonchev–Trinajstić information content (AvgIpc) is 2.44. The number of carbonyl (C=O) groups excluding carboxylic acids is 2. The van der Waals surface area contributed by atoms with Crippen LogP contribution >= 0.6 is 15.9 Å². The fraction of sp³-hybridized carbons (Fsp3) is 0.333. The summed E-state index contributed by atoms with van der Waals surface area (Å²) in [5.41, 5.74) is -0.0490. The summed E-state index contributed by atoms with van der Waals surface area (Å²) in [7, 11) is 0. The number of rotatable bonds is 6. The van der Waals surface area contributed by atoms with Gasteiger partial charge in [0.15, 0.2) is 5.78 Å². The zero-order valence-electron chi connectivity index (χ0n) is 10.0. The van der Waals surface area contributed by atoms with Crippen LogP contribution < -0.4 is 4.90 Å². The van der Waals surface area contributed by atoms with Gasteiger partial charge in [0.25, 0.3) is 0 Å². The summed E-state index contributed by atoms with van der Waals surface area (Å²) in [6.45, 7) is -0.712. The van der Waals surface area contributed by atoms with E-state index in [1.165, 1.54) is 24.3 Å². The Morgan fingerprint density at radius 2 is 1.75 bits per heavy atom. The lowest BCUT2D eigenvalue weighted by Gasteiger charge is -2.26. The average molecular weight is 356 g/mol. The van der Waals surface area contributed by atoms with E-state index in [9.17, 15) is 27.2 Å². The van der Waals surface area contributed by atoms with Crippen molar-refractivity contribution in [1.29, 1.82) is 0 Å². The van der Waals surface area contributed by atoms with Crippen molar-refractivity contribution >= 4 is 33.3 Å². The smallest absolute Gasteiger partial charge is 0.300 e. The highest BCUT2D eigenvalue weighted by Gasteiger charge is 2.51. The fourth-order valence-electron chi connectivity index (χ4n) is 1.38. The number of alkyl halides is 5. The Morgan fingerprint density at radius 1 is 1.20 bits per heavy atom. The van der Waals surface area contributed by atoms with E-state index in [0.717, 1.165) is 0 Å². The summed E-state index contributed by atoms with van der Waals surface area (Å²) >= 11 is 2.82. The second kappa shape index (κ2) is 6.83. The second-order valence-electron chi connectivity index (χ2n) is 3.82. The molecule has 110 valence electrons. The van der Waals surface area contributed by atoms with Crippen LogP contribution in [0.4, 0.5) is 23.2 Å². The third-order valence-electron chi connectivity index (χ3n) is 2.36. The molecule has 0 radical (unpaired) electrons. The van der Waals surface area contributed by atoms with E-state index < -0.39 is 30.6 Å². The van der Waals surface area contributed by atoms with Gasteiger partial charge >= 0.3 is 18.3 Å². The number of carbonyl (C=O) groups is 2. The number of Topliss-reactive ketones (excluding diaryl/α,β-unsaturated/α-hetero) is 1. The van der Waals surface area contributed by atoms with Gasteiger partial charge in [0, 0.05) is 5.69 Å². The summed E-state index contributed by atoms with van der Waals surface area (Å²) in [5, 5.41) is -0.177. The van der Waals surface area contributed by atoms with Gasteiger partial charge in [-0.1, -0.05) is 34.1 Å². The number of amides is 1. The minimum Gasteiger partial charge on any atom is -0.300 e. The number of hydrogen-bond acceptors (Lipinski definition) is 2. The van der Waals surface area contributed by atoms with Crippen LogP contribution in [0.15, 0.2) is 30.3 Å². The molecule has 0 heterocycles. The van der Waals surface area contributed by atoms with Gasteiger partial charge in [-0.3, -0.25) is 14.5 Å². The molecule has 0 aliphatic heterocycles. The highest BCUT2D eigenvalue weighted by atomic mass is 79.9. The largest absolute Gasteiger partial charge is 0.384 e. The normalized spacial score (nSPS) is 11.5. The molecule has 8 heteroatoms. The van der Waals surface area contributed by atoms with E-state index in [1.807, 2.05) is 0 Å². The van der Waals surface area contributed by atoms with Crippen molar-refractivity contribution in [3.63, 3.8) is 0 Å². The highest BCUT2D eigenvalue weighted by Crippen LogP contribution is 2.28. The van der Waals surface area contributed by atoms with Gasteiger partial charge in [0.1, 0.15) is 0 Å². The first-order valence-electron chi connectivity index (χ1n) is 5.41. The number of hydrogen-bond donors (Lipinski definition) is 0. The summed E-state index contributed by atoms with van der Waals surface area (Å²) in [5.74, 6) is -7.54. The van der Waals surface area contributed by atoms with Gasteiger partial charge in [-0.15, -0.1) is 0 Å². The fourth-order valence-corrected chi connectivity index (χ4v) is 1.56. The van der Waals surface area contributed by atoms with Crippen molar-refractivity contribution in [2.45, 2.75) is 12.3 Å². The predicted octanol–water partition coefficient (Wildman–Crippen LogP) is 2.88. The Hall–Kier alpha value is -1.44. The lowest BCUT2D eigenvalue weighted by Crippen LogP contribution is -2.49. The SMILES string of the molecule is O=C(CBr)CN(C(=O)C(F)(F)C(F)F)c1ccccc1. The maximum absolute atomic E-state index is 13.2. The van der Waals surface area contributed by atoms with Crippen LogP contribution in [-0.4, -0.2) is 35.9 Å². The summed E-state index contributed by atoms with van der Waals surface area (Å²) in [6.07, 6.45) is -4.14. The molecule has 0 unspecified atom stereocenters. The maximum Gasteiger partial charge on any atom is 0.384 e. The standard InChI is InChI=1S/C12H10BrF4NO2/c13-6-9(19)7-18(8-4-2-1-3-5-8)11(20)12(16,17)10(14)15/h1-5,10H,6-7H2. The van der Waals surface area contributed by atoms with Crippen LogP contribution in [0.5, 0.6) is 0 Å². The molecule has 0 saturated heterocycles. The van der Waals surface area contributed by atoms with Crippen LogP contribution in [0.2, 0.25) is 0 Å². The number of nitrogens with zero attached hydrogens (tertiary/aromatic N) is 1. The van der Waals surface area contributed by atoms with Crippen molar-refractivity contribution in [3.05, 3.63) is 30.3 Å². The molecule has 1 aromatic carbocycles. The predicted molar refractivity (Wildman–Crippen MR) is 68.5 cm³/mol. The van der Waals surface area contributed by atoms with E-state index in [-0.39, 0.29) is 11.0 Å². The molecule has 0 saturated carbocycles. The van der Waals surface area contributed by atoms with E-state index in [0.29, 0.717) is 4.90 Å². The maximum atomic E-state index is 13.2. The summed E-state index contributed by atoms with van der Waals surface area (Å²) < 4.78 is 50.9. The first-order valence-corrected chi connectivity index (χ1v) is 6.53. The van der Waals surface area contributed by atoms with Crippen molar-refractivity contribution in [1.82, 2.24) is 0 Å². The zero-order chi connectivity index (χ0) is 15.3. The molecule has 0 atom stereocenters. The van der Waals surface area contributed by atoms with Gasteiger partial charge in [0.05, 0.1) is 11.9 Å². The van der Waals surface area contributed by atoms with Gasteiger partial charge in [-0.2, -0.15) is 8.78 Å². The molecule has 0 aliphatic carbocycles. The first-order chi connectivity index (χ1) is 9.30. The van der Waals surface area contributed by atoms with Crippen molar-refractivity contribution < 1.29 is 27.2 Å². The Kier molecular flexibility index (Phi) is 5.67. The number of para-hydroxylation sites is 1. The van der Waals surface area contributed by atoms with E-state index in [2.05, 4.69) is 15.9 Å². The van der Waals surface area contributed by atoms with Gasteiger partial charge in [-0.25, -0.2) is 8.78 Å². The van der Waals surface area contributed by atoms with Crippen LogP contribution in [0, 0.1) is 0 Å². The van der Waals surface area contributed by atoms with Crippen molar-refractivity contribution in [3.8, 4) is 0 Å². The molecule has 1 rings (SSSR count). The minimum atomic E-state index is -4.84. The molecular weight excluding hydrogens is 346 g/mol. The molecular formula is C12H10BrF4NO2. The third kappa shape index (κ3) is 3.78. The van der Waals surface area contributed by atoms with Crippen molar-refractivity contribution in [2.75, 3.05) is 16.8 Å². The van der Waals surface area contributed by atoms with Crippen LogP contribution in [-0.2, 0) is 9.59 Å². The number of anilines is 1. The Labute approximate surface area is 120 Å². The molecule has 1 aromatic rings. The lowest BCUT2D eigenvalue weighted by atomic mass is 10.2. The minimum absolute atomic E-state index is 0.0490. The molecule has 0 spiro atoms. The Balaban J connectivity index is 3.12. The Morgan fingerprint density at radius 3 is 2.20 bits per heavy atom. The van der Waals surface area contributed by atoms with Gasteiger partial charge in [0.2, 0.25) is 0 Å². The molecule has 3 nitrogen and oxygen atoms in total. The molecule has 0 bridgehead atoms. The zero-order valence-corrected chi connectivity index (χ0v) is 11.6. The Bertz CT molecular complexity index is 482. The number of benzene rings is 1. The quantitative estimate of drug-likeness (QED) is 0.581. The summed E-state index contributed by atoms with van der Waals surface area (Å²) in [4.78, 5) is 23.3. The number of halogens is 5. The molecule has 0 aromatic heterocycles. The van der Waals surface area contributed by atoms with E-state index in [4.69, 9.17) is 0 Å². The molecule has 20 heavy (non-hydrogen) atoms. The van der Waals surface area contributed by atoms with Crippen LogP contribution in [0.25, 0.3) is 0 Å². The number of ketones is 1. The molecule has 0 N–H and O–H groups in total. The van der Waals surface area contributed by atoms with E-state index >= 15 is 0 Å².